The third kappa shape index (κ3) is 0.807. The van der Waals surface area contributed by atoms with Gasteiger partial charge in [0.1, 0.15) is 0 Å². The van der Waals surface area contributed by atoms with Crippen LogP contribution >= 0.6 is 0 Å². The van der Waals surface area contributed by atoms with E-state index in [0.29, 0.717) is 0 Å². The van der Waals surface area contributed by atoms with E-state index in [4.69, 9.17) is 0 Å². The monoisotopic (exact) mass is 152 g/mol. The van der Waals surface area contributed by atoms with E-state index in [-0.39, 0.29) is 5.48 Å². The Kier molecular flexibility index (Phi) is 1.57. The Bertz CT molecular complexity index is 185. The molecule has 0 saturated heterocycles. The van der Waals surface area contributed by atoms with Crippen LogP contribution in [0.15, 0.2) is 12.2 Å². The van der Waals surface area contributed by atoms with Gasteiger partial charge in [0.25, 0.3) is 0 Å². The molecule has 0 heterocycles. The van der Waals surface area contributed by atoms with E-state index >= 15 is 0 Å². The maximum absolute atomic E-state index is 2.49. The van der Waals surface area contributed by atoms with Crippen molar-refractivity contribution in [1.29, 1.82) is 0 Å². The van der Waals surface area contributed by atoms with Gasteiger partial charge in [-0.25, -0.2) is 0 Å². The number of rotatable bonds is 0. The summed E-state index contributed by atoms with van der Waals surface area (Å²) in [5.74, 6) is 4.36. The lowest BCUT2D eigenvalue weighted by Crippen LogP contribution is -2.16. The molecule has 0 aromatic carbocycles. The zero-order chi connectivity index (χ0) is 6.55. The number of fused-ring (bicyclic) bond motifs is 5. The summed E-state index contributed by atoms with van der Waals surface area (Å²) in [6.45, 7) is 0. The molecular weight excluding hydrogens is 136 g/mol. The summed E-state index contributed by atoms with van der Waals surface area (Å²) in [6, 6.07) is 0. The lowest BCUT2D eigenvalue weighted by Gasteiger charge is -2.23. The fourth-order valence-electron chi connectivity index (χ4n) is 3.50. The summed E-state index contributed by atoms with van der Waals surface area (Å²) in [5.41, 5.74) is 0. The van der Waals surface area contributed by atoms with Crippen LogP contribution in [0.4, 0.5) is 0 Å². The molecule has 3 aliphatic carbocycles. The average molecular weight is 152 g/mol. The van der Waals surface area contributed by atoms with Crippen molar-refractivity contribution in [2.75, 3.05) is 0 Å². The van der Waals surface area contributed by atoms with Crippen molar-refractivity contribution < 1.29 is 5.48 Å². The quantitative estimate of drug-likeness (QED) is 0.474. The fraction of sp³-hybridized carbons (Fsp3) is 0.800. The molecule has 0 amide bonds. The van der Waals surface area contributed by atoms with Crippen molar-refractivity contribution in [3.63, 3.8) is 0 Å². The molecule has 0 aromatic rings. The van der Waals surface area contributed by atoms with E-state index in [0.717, 1.165) is 23.7 Å². The molecule has 1 heteroatoms. The highest BCUT2D eigenvalue weighted by Gasteiger charge is 2.47. The lowest BCUT2D eigenvalue weighted by atomic mass is 9.82. The summed E-state index contributed by atoms with van der Waals surface area (Å²) >= 11 is 0. The molecule has 2 fully saturated rings. The van der Waals surface area contributed by atoms with E-state index in [9.17, 15) is 0 Å². The predicted molar refractivity (Wildman–Crippen MR) is 45.2 cm³/mol. The van der Waals surface area contributed by atoms with E-state index in [1.165, 1.54) is 12.8 Å². The van der Waals surface area contributed by atoms with E-state index in [1.807, 2.05) is 0 Å². The maximum atomic E-state index is 2.49. The molecule has 62 valence electrons. The Morgan fingerprint density at radius 2 is 1.91 bits per heavy atom. The standard InChI is InChI=1S/C10H14.H2O/c1-2-9-7-4-5-8(6-7)10(9)3-1;/h1-2,7-10H,3-6H2;1H2. The van der Waals surface area contributed by atoms with Gasteiger partial charge in [-0.05, 0) is 49.4 Å². The lowest BCUT2D eigenvalue weighted by molar-refractivity contribution is 0.285. The van der Waals surface area contributed by atoms with Gasteiger partial charge in [0.05, 0.1) is 0 Å². The largest absolute Gasteiger partial charge is 0.412 e. The number of allylic oxidation sites excluding steroid dienone is 2. The van der Waals surface area contributed by atoms with E-state index in [1.54, 1.807) is 12.8 Å². The van der Waals surface area contributed by atoms with Crippen molar-refractivity contribution in [2.24, 2.45) is 23.7 Å². The molecule has 4 unspecified atom stereocenters. The third-order valence-electron chi connectivity index (χ3n) is 3.92. The Balaban J connectivity index is 0.000000480. The molecule has 11 heavy (non-hydrogen) atoms. The molecule has 0 spiro atoms. The first-order valence-electron chi connectivity index (χ1n) is 4.62. The molecule has 0 aromatic heterocycles. The van der Waals surface area contributed by atoms with Gasteiger partial charge in [0.2, 0.25) is 0 Å². The SMILES string of the molecule is C1=CC2C3CCC(C3)C2C1.O. The molecule has 2 bridgehead atoms. The van der Waals surface area contributed by atoms with Gasteiger partial charge in [-0.3, -0.25) is 0 Å². The van der Waals surface area contributed by atoms with Gasteiger partial charge in [0.15, 0.2) is 0 Å². The zero-order valence-electron chi connectivity index (χ0n) is 6.79. The van der Waals surface area contributed by atoms with Crippen LogP contribution in [0.3, 0.4) is 0 Å². The Morgan fingerprint density at radius 1 is 1.09 bits per heavy atom. The van der Waals surface area contributed by atoms with Crippen LogP contribution in [0.5, 0.6) is 0 Å². The highest BCUT2D eigenvalue weighted by Crippen LogP contribution is 2.56. The second-order valence-corrected chi connectivity index (χ2v) is 4.24. The Labute approximate surface area is 67.8 Å². The fourth-order valence-corrected chi connectivity index (χ4v) is 3.50. The van der Waals surface area contributed by atoms with Crippen LogP contribution in [0.1, 0.15) is 25.7 Å². The van der Waals surface area contributed by atoms with Crippen LogP contribution in [0, 0.1) is 23.7 Å². The summed E-state index contributed by atoms with van der Waals surface area (Å²) in [6.07, 6.45) is 11.0. The van der Waals surface area contributed by atoms with Crippen LogP contribution in [0.25, 0.3) is 0 Å². The molecular formula is C10H16O. The molecule has 3 rings (SSSR count). The Hall–Kier alpha value is -0.300. The van der Waals surface area contributed by atoms with Gasteiger partial charge in [-0.1, -0.05) is 12.2 Å². The topological polar surface area (TPSA) is 31.5 Å². The third-order valence-corrected chi connectivity index (χ3v) is 3.92. The summed E-state index contributed by atoms with van der Waals surface area (Å²) in [5, 5.41) is 0. The van der Waals surface area contributed by atoms with Crippen molar-refractivity contribution in [3.05, 3.63) is 12.2 Å². The molecule has 0 radical (unpaired) electrons. The second kappa shape index (κ2) is 2.34. The normalized spacial score (nSPS) is 50.9. The van der Waals surface area contributed by atoms with Gasteiger partial charge in [0, 0.05) is 0 Å². The van der Waals surface area contributed by atoms with Crippen molar-refractivity contribution in [2.45, 2.75) is 25.7 Å². The van der Waals surface area contributed by atoms with Gasteiger partial charge >= 0.3 is 0 Å². The first-order chi connectivity index (χ1) is 4.95. The van der Waals surface area contributed by atoms with Gasteiger partial charge in [-0.2, -0.15) is 0 Å². The van der Waals surface area contributed by atoms with Crippen molar-refractivity contribution in [3.8, 4) is 0 Å². The molecule has 0 aliphatic heterocycles. The summed E-state index contributed by atoms with van der Waals surface area (Å²) < 4.78 is 0. The molecule has 2 saturated carbocycles. The first-order valence-corrected chi connectivity index (χ1v) is 4.62. The van der Waals surface area contributed by atoms with Crippen LogP contribution in [-0.2, 0) is 0 Å². The van der Waals surface area contributed by atoms with Crippen LogP contribution in [-0.4, -0.2) is 5.48 Å². The van der Waals surface area contributed by atoms with Crippen LogP contribution < -0.4 is 0 Å². The minimum atomic E-state index is 0. The maximum Gasteiger partial charge on any atom is -0.0171 e. The smallest absolute Gasteiger partial charge is 0.0171 e. The van der Waals surface area contributed by atoms with E-state index < -0.39 is 0 Å². The highest BCUT2D eigenvalue weighted by molar-refractivity contribution is 5.11. The molecule has 2 N–H and O–H groups in total. The second-order valence-electron chi connectivity index (χ2n) is 4.24. The zero-order valence-corrected chi connectivity index (χ0v) is 6.79. The van der Waals surface area contributed by atoms with Gasteiger partial charge < -0.3 is 5.48 Å². The van der Waals surface area contributed by atoms with Crippen LogP contribution in [0.2, 0.25) is 0 Å². The summed E-state index contributed by atoms with van der Waals surface area (Å²) in [4.78, 5) is 0. The minimum absolute atomic E-state index is 0. The highest BCUT2D eigenvalue weighted by atomic mass is 16.0. The molecule has 3 aliphatic rings. The summed E-state index contributed by atoms with van der Waals surface area (Å²) in [7, 11) is 0. The number of hydrogen-bond donors (Lipinski definition) is 0. The number of hydrogen-bond acceptors (Lipinski definition) is 0. The molecule has 4 atom stereocenters. The molecule has 1 nitrogen and oxygen atoms in total. The van der Waals surface area contributed by atoms with Crippen molar-refractivity contribution in [1.82, 2.24) is 0 Å². The average Bonchev–Trinajstić information content (AvgIpc) is 2.60. The predicted octanol–water partition coefficient (Wildman–Crippen LogP) is 1.78. The minimum Gasteiger partial charge on any atom is -0.412 e. The Morgan fingerprint density at radius 3 is 2.73 bits per heavy atom. The first kappa shape index (κ1) is 7.35. The van der Waals surface area contributed by atoms with Crippen molar-refractivity contribution >= 4 is 0 Å². The van der Waals surface area contributed by atoms with Gasteiger partial charge in [-0.15, -0.1) is 0 Å². The van der Waals surface area contributed by atoms with E-state index in [2.05, 4.69) is 12.2 Å².